The van der Waals surface area contributed by atoms with Gasteiger partial charge in [0.1, 0.15) is 5.75 Å². The highest BCUT2D eigenvalue weighted by atomic mass is 32.2. The molecule has 0 radical (unpaired) electrons. The molecular weight excluding hydrogens is 302 g/mol. The van der Waals surface area contributed by atoms with Gasteiger partial charge in [-0.2, -0.15) is 4.31 Å². The number of nitrogens with zero attached hydrogens (tertiary/aromatic N) is 1. The van der Waals surface area contributed by atoms with Crippen molar-refractivity contribution in [2.75, 3.05) is 20.2 Å². The van der Waals surface area contributed by atoms with Crippen LogP contribution in [-0.2, 0) is 14.8 Å². The SMILES string of the molecule is COc1c(C)cc(S(=O)(=O)N2C[C@@H](C)O[C@@H](C)C2)c(C)c1C. The van der Waals surface area contributed by atoms with Crippen LogP contribution in [0.25, 0.3) is 0 Å². The van der Waals surface area contributed by atoms with Crippen LogP contribution in [0.4, 0.5) is 0 Å². The van der Waals surface area contributed by atoms with Gasteiger partial charge in [-0.15, -0.1) is 0 Å². The first-order valence-electron chi connectivity index (χ1n) is 7.48. The number of hydrogen-bond acceptors (Lipinski definition) is 4. The third kappa shape index (κ3) is 3.00. The number of benzene rings is 1. The van der Waals surface area contributed by atoms with Crippen LogP contribution in [0.1, 0.15) is 30.5 Å². The first kappa shape index (κ1) is 17.2. The van der Waals surface area contributed by atoms with Gasteiger partial charge >= 0.3 is 0 Å². The molecule has 1 aromatic carbocycles. The lowest BCUT2D eigenvalue weighted by atomic mass is 10.1. The summed E-state index contributed by atoms with van der Waals surface area (Å²) >= 11 is 0. The number of hydrogen-bond donors (Lipinski definition) is 0. The van der Waals surface area contributed by atoms with Gasteiger partial charge in [-0.1, -0.05) is 0 Å². The van der Waals surface area contributed by atoms with Gasteiger partial charge in [0.05, 0.1) is 24.2 Å². The predicted molar refractivity (Wildman–Crippen MR) is 86.0 cm³/mol. The van der Waals surface area contributed by atoms with E-state index in [2.05, 4.69) is 0 Å². The topological polar surface area (TPSA) is 55.8 Å². The van der Waals surface area contributed by atoms with Crippen LogP contribution < -0.4 is 4.74 Å². The summed E-state index contributed by atoms with van der Waals surface area (Å²) in [5, 5.41) is 0. The molecular formula is C16H25NO4S. The van der Waals surface area contributed by atoms with E-state index >= 15 is 0 Å². The minimum absolute atomic E-state index is 0.0979. The molecule has 2 atom stereocenters. The van der Waals surface area contributed by atoms with Gasteiger partial charge in [0.25, 0.3) is 0 Å². The maximum atomic E-state index is 13.0. The van der Waals surface area contributed by atoms with Crippen molar-refractivity contribution in [2.24, 2.45) is 0 Å². The number of aryl methyl sites for hydroxylation is 1. The Morgan fingerprint density at radius 2 is 1.68 bits per heavy atom. The fourth-order valence-electron chi connectivity index (χ4n) is 3.07. The molecule has 0 saturated carbocycles. The van der Waals surface area contributed by atoms with E-state index < -0.39 is 10.0 Å². The average Bonchev–Trinajstić information content (AvgIpc) is 2.42. The van der Waals surface area contributed by atoms with Gasteiger partial charge in [-0.3, -0.25) is 0 Å². The molecule has 1 aliphatic rings. The normalized spacial score (nSPS) is 23.5. The summed E-state index contributed by atoms with van der Waals surface area (Å²) in [4.78, 5) is 0.365. The molecule has 124 valence electrons. The van der Waals surface area contributed by atoms with E-state index in [1.54, 1.807) is 13.2 Å². The van der Waals surface area contributed by atoms with E-state index in [1.165, 1.54) is 4.31 Å². The Kier molecular flexibility index (Phi) is 4.84. The first-order chi connectivity index (χ1) is 10.2. The van der Waals surface area contributed by atoms with Crippen molar-refractivity contribution in [3.8, 4) is 5.75 Å². The molecule has 0 N–H and O–H groups in total. The Morgan fingerprint density at radius 1 is 1.14 bits per heavy atom. The lowest BCUT2D eigenvalue weighted by Crippen LogP contribution is -2.48. The van der Waals surface area contributed by atoms with Gasteiger partial charge in [-0.25, -0.2) is 8.42 Å². The summed E-state index contributed by atoms with van der Waals surface area (Å²) in [6.45, 7) is 10.2. The molecule has 5 nitrogen and oxygen atoms in total. The number of ether oxygens (including phenoxy) is 2. The number of sulfonamides is 1. The van der Waals surface area contributed by atoms with Crippen LogP contribution in [0.5, 0.6) is 5.75 Å². The Labute approximate surface area is 133 Å². The number of morpholine rings is 1. The zero-order valence-electron chi connectivity index (χ0n) is 14.1. The van der Waals surface area contributed by atoms with Crippen LogP contribution in [0.15, 0.2) is 11.0 Å². The molecule has 0 aliphatic carbocycles. The molecule has 1 fully saturated rings. The van der Waals surface area contributed by atoms with Crippen molar-refractivity contribution in [3.63, 3.8) is 0 Å². The molecule has 1 saturated heterocycles. The van der Waals surface area contributed by atoms with Crippen LogP contribution in [0.3, 0.4) is 0 Å². The highest BCUT2D eigenvalue weighted by Gasteiger charge is 2.33. The van der Waals surface area contributed by atoms with Crippen LogP contribution >= 0.6 is 0 Å². The standard InChI is InChI=1S/C16H25NO4S/c1-10-7-15(13(4)14(5)16(10)20-6)22(18,19)17-8-11(2)21-12(3)9-17/h7,11-12H,8-9H2,1-6H3/t11-,12+. The summed E-state index contributed by atoms with van der Waals surface area (Å²) in [5.41, 5.74) is 2.45. The Balaban J connectivity index is 2.50. The molecule has 0 aromatic heterocycles. The molecule has 1 aliphatic heterocycles. The van der Waals surface area contributed by atoms with Crippen LogP contribution in [-0.4, -0.2) is 45.1 Å². The fraction of sp³-hybridized carbons (Fsp3) is 0.625. The lowest BCUT2D eigenvalue weighted by molar-refractivity contribution is -0.0440. The second kappa shape index (κ2) is 6.18. The maximum Gasteiger partial charge on any atom is 0.243 e. The van der Waals surface area contributed by atoms with Crippen molar-refractivity contribution in [2.45, 2.75) is 51.7 Å². The fourth-order valence-corrected chi connectivity index (χ4v) is 5.03. The summed E-state index contributed by atoms with van der Waals surface area (Å²) in [5.74, 6) is 0.750. The van der Waals surface area contributed by atoms with E-state index in [0.717, 1.165) is 22.4 Å². The van der Waals surface area contributed by atoms with E-state index in [-0.39, 0.29) is 12.2 Å². The van der Waals surface area contributed by atoms with Crippen molar-refractivity contribution in [1.29, 1.82) is 0 Å². The molecule has 0 amide bonds. The maximum absolute atomic E-state index is 13.0. The van der Waals surface area contributed by atoms with E-state index in [1.807, 2.05) is 34.6 Å². The zero-order valence-corrected chi connectivity index (χ0v) is 15.0. The van der Waals surface area contributed by atoms with Crippen LogP contribution in [0.2, 0.25) is 0 Å². The van der Waals surface area contributed by atoms with Gasteiger partial charge < -0.3 is 9.47 Å². The number of methoxy groups -OCH3 is 1. The van der Waals surface area contributed by atoms with E-state index in [9.17, 15) is 8.42 Å². The van der Waals surface area contributed by atoms with Gasteiger partial charge in [0.2, 0.25) is 10.0 Å². The second-order valence-electron chi connectivity index (χ2n) is 6.05. The van der Waals surface area contributed by atoms with Crippen molar-refractivity contribution >= 4 is 10.0 Å². The summed E-state index contributed by atoms with van der Waals surface area (Å²) in [7, 11) is -1.93. The first-order valence-corrected chi connectivity index (χ1v) is 8.92. The quantitative estimate of drug-likeness (QED) is 0.855. The van der Waals surface area contributed by atoms with Gasteiger partial charge in [0, 0.05) is 13.1 Å². The van der Waals surface area contributed by atoms with E-state index in [0.29, 0.717) is 18.0 Å². The lowest BCUT2D eigenvalue weighted by Gasteiger charge is -2.35. The largest absolute Gasteiger partial charge is 0.496 e. The average molecular weight is 327 g/mol. The van der Waals surface area contributed by atoms with Crippen molar-refractivity contribution in [3.05, 3.63) is 22.8 Å². The molecule has 0 bridgehead atoms. The summed E-state index contributed by atoms with van der Waals surface area (Å²) < 4.78 is 38.6. The molecule has 0 unspecified atom stereocenters. The Bertz CT molecular complexity index is 659. The minimum atomic E-state index is -3.53. The number of rotatable bonds is 3. The monoisotopic (exact) mass is 327 g/mol. The minimum Gasteiger partial charge on any atom is -0.496 e. The third-order valence-corrected chi connectivity index (χ3v) is 6.14. The Hall–Kier alpha value is -1.11. The molecule has 1 aromatic rings. The van der Waals surface area contributed by atoms with Crippen LogP contribution in [0, 0.1) is 20.8 Å². The van der Waals surface area contributed by atoms with Gasteiger partial charge in [-0.05, 0) is 57.4 Å². The smallest absolute Gasteiger partial charge is 0.243 e. The summed E-state index contributed by atoms with van der Waals surface area (Å²) in [6, 6.07) is 1.71. The highest BCUT2D eigenvalue weighted by molar-refractivity contribution is 7.89. The highest BCUT2D eigenvalue weighted by Crippen LogP contribution is 2.33. The molecule has 0 spiro atoms. The third-order valence-electron chi connectivity index (χ3n) is 4.19. The second-order valence-corrected chi connectivity index (χ2v) is 7.96. The summed E-state index contributed by atoms with van der Waals surface area (Å²) in [6.07, 6.45) is -0.196. The zero-order chi connectivity index (χ0) is 16.7. The molecule has 1 heterocycles. The molecule has 22 heavy (non-hydrogen) atoms. The molecule has 2 rings (SSSR count). The van der Waals surface area contributed by atoms with Crippen molar-refractivity contribution < 1.29 is 17.9 Å². The molecule has 6 heteroatoms. The van der Waals surface area contributed by atoms with E-state index in [4.69, 9.17) is 9.47 Å². The Morgan fingerprint density at radius 3 is 2.18 bits per heavy atom. The van der Waals surface area contributed by atoms with Gasteiger partial charge in [0.15, 0.2) is 0 Å². The predicted octanol–water partition coefficient (Wildman–Crippen LogP) is 2.42. The van der Waals surface area contributed by atoms with Crippen molar-refractivity contribution in [1.82, 2.24) is 4.31 Å².